The van der Waals surface area contributed by atoms with E-state index in [1.807, 2.05) is 0 Å². The van der Waals surface area contributed by atoms with Crippen LogP contribution in [0.15, 0.2) is 0 Å². The third-order valence-electron chi connectivity index (χ3n) is 4.72. The van der Waals surface area contributed by atoms with Gasteiger partial charge in [0.05, 0.1) is 0 Å². The van der Waals surface area contributed by atoms with E-state index < -0.39 is 0 Å². The van der Waals surface area contributed by atoms with Crippen LogP contribution in [0, 0.1) is 0 Å². The van der Waals surface area contributed by atoms with Crippen LogP contribution >= 0.6 is 0 Å². The summed E-state index contributed by atoms with van der Waals surface area (Å²) in [6.07, 6.45) is 6.61. The van der Waals surface area contributed by atoms with Crippen molar-refractivity contribution in [2.24, 2.45) is 0 Å². The fraction of sp³-hybridized carbons (Fsp3) is 0.929. The summed E-state index contributed by atoms with van der Waals surface area (Å²) in [5.74, 6) is 0.237. The minimum absolute atomic E-state index is 0.155. The number of amides is 1. The molecule has 4 heteroatoms. The van der Waals surface area contributed by atoms with Crippen molar-refractivity contribution in [3.8, 4) is 0 Å². The second-order valence-corrected chi connectivity index (χ2v) is 5.89. The zero-order chi connectivity index (χ0) is 12.5. The number of likely N-dealkylation sites (N-methyl/N-ethyl adjacent to an activating group) is 1. The Hall–Kier alpha value is -0.610. The molecule has 3 heterocycles. The van der Waals surface area contributed by atoms with Gasteiger partial charge in [-0.2, -0.15) is 0 Å². The minimum atomic E-state index is -0.155. The van der Waals surface area contributed by atoms with Crippen molar-refractivity contribution in [1.29, 1.82) is 0 Å². The molecular weight excluding hydrogens is 228 g/mol. The zero-order valence-electron chi connectivity index (χ0n) is 11.2. The van der Waals surface area contributed by atoms with Gasteiger partial charge in [-0.3, -0.25) is 4.79 Å². The predicted octanol–water partition coefficient (Wildman–Crippen LogP) is 1.30. The molecule has 3 aliphatic heterocycles. The molecular formula is C14H24N2O2. The van der Waals surface area contributed by atoms with Gasteiger partial charge in [0, 0.05) is 31.3 Å². The van der Waals surface area contributed by atoms with Gasteiger partial charge in [-0.15, -0.1) is 0 Å². The second-order valence-electron chi connectivity index (χ2n) is 5.89. The van der Waals surface area contributed by atoms with Gasteiger partial charge in [0.2, 0.25) is 0 Å². The number of hydrogen-bond acceptors (Lipinski definition) is 3. The first kappa shape index (κ1) is 12.4. The Morgan fingerprint density at radius 2 is 2.00 bits per heavy atom. The SMILES string of the molecule is CCN(C(=O)[C@@H]1CCCO1)C1CC2CCC(C1)N2. The van der Waals surface area contributed by atoms with E-state index in [1.54, 1.807) is 0 Å². The first-order valence-corrected chi connectivity index (χ1v) is 7.46. The summed E-state index contributed by atoms with van der Waals surface area (Å²) in [6, 6.07) is 1.71. The first-order valence-electron chi connectivity index (χ1n) is 7.46. The van der Waals surface area contributed by atoms with Gasteiger partial charge in [-0.1, -0.05) is 0 Å². The van der Waals surface area contributed by atoms with Crippen molar-refractivity contribution in [1.82, 2.24) is 10.2 Å². The molecule has 1 N–H and O–H groups in total. The zero-order valence-corrected chi connectivity index (χ0v) is 11.2. The van der Waals surface area contributed by atoms with Crippen molar-refractivity contribution >= 4 is 5.91 Å². The van der Waals surface area contributed by atoms with Crippen LogP contribution in [0.3, 0.4) is 0 Å². The van der Waals surface area contributed by atoms with Gasteiger partial charge in [-0.25, -0.2) is 0 Å². The molecule has 3 aliphatic rings. The molecule has 0 saturated carbocycles. The Morgan fingerprint density at radius 3 is 2.56 bits per heavy atom. The molecule has 0 aliphatic carbocycles. The summed E-state index contributed by atoms with van der Waals surface area (Å²) >= 11 is 0. The molecule has 3 saturated heterocycles. The maximum atomic E-state index is 12.5. The lowest BCUT2D eigenvalue weighted by Crippen LogP contribution is -2.52. The molecule has 2 unspecified atom stereocenters. The lowest BCUT2D eigenvalue weighted by Gasteiger charge is -2.38. The van der Waals surface area contributed by atoms with Gasteiger partial charge in [0.25, 0.3) is 5.91 Å². The third-order valence-corrected chi connectivity index (χ3v) is 4.72. The Balaban J connectivity index is 1.66. The Labute approximate surface area is 109 Å². The maximum Gasteiger partial charge on any atom is 0.251 e. The van der Waals surface area contributed by atoms with Gasteiger partial charge < -0.3 is 15.0 Å². The highest BCUT2D eigenvalue weighted by molar-refractivity contribution is 5.81. The number of carbonyl (C=O) groups is 1. The number of hydrogen-bond donors (Lipinski definition) is 1. The second kappa shape index (κ2) is 5.17. The lowest BCUT2D eigenvalue weighted by atomic mass is 9.97. The van der Waals surface area contributed by atoms with Crippen LogP contribution in [0.5, 0.6) is 0 Å². The molecule has 0 aromatic carbocycles. The molecule has 2 bridgehead atoms. The number of carbonyl (C=O) groups excluding carboxylic acids is 1. The van der Waals surface area contributed by atoms with E-state index in [2.05, 4.69) is 17.1 Å². The highest BCUT2D eigenvalue weighted by Crippen LogP contribution is 2.30. The topological polar surface area (TPSA) is 41.6 Å². The Morgan fingerprint density at radius 1 is 1.28 bits per heavy atom. The van der Waals surface area contributed by atoms with E-state index in [0.29, 0.717) is 18.1 Å². The van der Waals surface area contributed by atoms with E-state index in [-0.39, 0.29) is 12.0 Å². The highest BCUT2D eigenvalue weighted by atomic mass is 16.5. The van der Waals surface area contributed by atoms with Crippen molar-refractivity contribution in [3.63, 3.8) is 0 Å². The van der Waals surface area contributed by atoms with Crippen LogP contribution in [-0.4, -0.2) is 48.2 Å². The molecule has 0 spiro atoms. The summed E-state index contributed by atoms with van der Waals surface area (Å²) in [5, 5.41) is 3.64. The average Bonchev–Trinajstić information content (AvgIpc) is 3.00. The van der Waals surface area contributed by atoms with Crippen molar-refractivity contribution in [2.45, 2.75) is 69.7 Å². The maximum absolute atomic E-state index is 12.5. The van der Waals surface area contributed by atoms with Gasteiger partial charge in [-0.05, 0) is 45.4 Å². The molecule has 0 aromatic heterocycles. The summed E-state index contributed by atoms with van der Waals surface area (Å²) in [6.45, 7) is 3.67. The predicted molar refractivity (Wildman–Crippen MR) is 69.3 cm³/mol. The van der Waals surface area contributed by atoms with Gasteiger partial charge in [0.15, 0.2) is 0 Å². The molecule has 0 aromatic rings. The number of piperidine rings is 1. The first-order chi connectivity index (χ1) is 8.78. The largest absolute Gasteiger partial charge is 0.368 e. The molecule has 102 valence electrons. The third kappa shape index (κ3) is 2.28. The molecule has 3 rings (SSSR count). The Bertz CT molecular complexity index is 303. The van der Waals surface area contributed by atoms with Crippen LogP contribution in [0.2, 0.25) is 0 Å². The van der Waals surface area contributed by atoms with E-state index in [1.165, 1.54) is 12.8 Å². The van der Waals surface area contributed by atoms with E-state index in [4.69, 9.17) is 4.74 Å². The summed E-state index contributed by atoms with van der Waals surface area (Å²) in [5.41, 5.74) is 0. The van der Waals surface area contributed by atoms with Gasteiger partial charge in [0.1, 0.15) is 6.10 Å². The molecule has 3 atom stereocenters. The van der Waals surface area contributed by atoms with Crippen LogP contribution in [0.1, 0.15) is 45.4 Å². The van der Waals surface area contributed by atoms with E-state index in [9.17, 15) is 4.79 Å². The van der Waals surface area contributed by atoms with E-state index >= 15 is 0 Å². The summed E-state index contributed by atoms with van der Waals surface area (Å²) in [7, 11) is 0. The van der Waals surface area contributed by atoms with Crippen LogP contribution in [0.25, 0.3) is 0 Å². The van der Waals surface area contributed by atoms with Crippen LogP contribution < -0.4 is 5.32 Å². The quantitative estimate of drug-likeness (QED) is 0.823. The summed E-state index contributed by atoms with van der Waals surface area (Å²) in [4.78, 5) is 14.6. The van der Waals surface area contributed by atoms with Gasteiger partial charge >= 0.3 is 0 Å². The lowest BCUT2D eigenvalue weighted by molar-refractivity contribution is -0.143. The van der Waals surface area contributed by atoms with Crippen molar-refractivity contribution in [3.05, 3.63) is 0 Å². The molecule has 1 amide bonds. The van der Waals surface area contributed by atoms with Crippen molar-refractivity contribution < 1.29 is 9.53 Å². The fourth-order valence-electron chi connectivity index (χ4n) is 3.83. The summed E-state index contributed by atoms with van der Waals surface area (Å²) < 4.78 is 5.55. The minimum Gasteiger partial charge on any atom is -0.368 e. The van der Waals surface area contributed by atoms with E-state index in [0.717, 1.165) is 38.8 Å². The number of ether oxygens (including phenoxy) is 1. The molecule has 3 fully saturated rings. The number of fused-ring (bicyclic) bond motifs is 2. The average molecular weight is 252 g/mol. The van der Waals surface area contributed by atoms with Crippen LogP contribution in [0.4, 0.5) is 0 Å². The smallest absolute Gasteiger partial charge is 0.251 e. The normalized spacial score (nSPS) is 38.9. The number of nitrogens with zero attached hydrogens (tertiary/aromatic N) is 1. The van der Waals surface area contributed by atoms with Crippen LogP contribution in [-0.2, 0) is 9.53 Å². The fourth-order valence-corrected chi connectivity index (χ4v) is 3.83. The highest BCUT2D eigenvalue weighted by Gasteiger charge is 2.39. The molecule has 18 heavy (non-hydrogen) atoms. The monoisotopic (exact) mass is 252 g/mol. The molecule has 0 radical (unpaired) electrons. The standard InChI is InChI=1S/C14H24N2O2/c1-2-16(14(17)13-4-3-7-18-13)12-8-10-5-6-11(9-12)15-10/h10-13,15H,2-9H2,1H3/t10?,11?,12?,13-/m0/s1. The van der Waals surface area contributed by atoms with Crippen molar-refractivity contribution in [2.75, 3.05) is 13.2 Å². The molecule has 4 nitrogen and oxygen atoms in total. The Kier molecular flexibility index (Phi) is 3.57. The number of nitrogens with one attached hydrogen (secondary N) is 1. The number of rotatable bonds is 3.